The Kier molecular flexibility index (Phi) is 4.51. The molecule has 2 aromatic rings. The van der Waals surface area contributed by atoms with E-state index < -0.39 is 0 Å². The molecule has 0 bridgehead atoms. The second-order valence-electron chi connectivity index (χ2n) is 5.50. The lowest BCUT2D eigenvalue weighted by atomic mass is 9.92. The van der Waals surface area contributed by atoms with Gasteiger partial charge in [-0.3, -0.25) is 0 Å². The van der Waals surface area contributed by atoms with Crippen molar-refractivity contribution in [2.75, 3.05) is 6.54 Å². The highest BCUT2D eigenvalue weighted by Crippen LogP contribution is 2.24. The monoisotopic (exact) mass is 286 g/mol. The van der Waals surface area contributed by atoms with Crippen LogP contribution in [0.3, 0.4) is 0 Å². The summed E-state index contributed by atoms with van der Waals surface area (Å²) in [4.78, 5) is 1.46. The second kappa shape index (κ2) is 6.53. The summed E-state index contributed by atoms with van der Waals surface area (Å²) in [5.41, 5.74) is 2.80. The standard InChI is InChI=1S/C17H22N2S/c1-13-9-11-20-16(13)12-19-15-8-5-10-18-17(15)14-6-3-2-4-7-14/h2-4,6-7,9,11,15,17-19H,5,8,10,12H2,1H3. The average molecular weight is 286 g/mol. The first-order chi connectivity index (χ1) is 9.84. The van der Waals surface area contributed by atoms with Crippen molar-refractivity contribution in [2.45, 2.75) is 38.4 Å². The molecule has 2 heterocycles. The molecule has 0 radical (unpaired) electrons. The van der Waals surface area contributed by atoms with Crippen LogP contribution >= 0.6 is 11.3 Å². The zero-order chi connectivity index (χ0) is 13.8. The van der Waals surface area contributed by atoms with Crippen molar-refractivity contribution >= 4 is 11.3 Å². The number of thiophene rings is 1. The maximum absolute atomic E-state index is 3.76. The summed E-state index contributed by atoms with van der Waals surface area (Å²) in [6.07, 6.45) is 2.50. The Labute approximate surface area is 125 Å². The predicted octanol–water partition coefficient (Wildman–Crippen LogP) is 3.64. The Morgan fingerprint density at radius 2 is 2.10 bits per heavy atom. The first-order valence-electron chi connectivity index (χ1n) is 7.39. The van der Waals surface area contributed by atoms with E-state index in [9.17, 15) is 0 Å². The van der Waals surface area contributed by atoms with E-state index >= 15 is 0 Å². The summed E-state index contributed by atoms with van der Waals surface area (Å²) in [6.45, 7) is 4.30. The van der Waals surface area contributed by atoms with Gasteiger partial charge < -0.3 is 10.6 Å². The van der Waals surface area contributed by atoms with Gasteiger partial charge in [0.05, 0.1) is 0 Å². The number of hydrogen-bond acceptors (Lipinski definition) is 3. The van der Waals surface area contributed by atoms with Crippen molar-refractivity contribution in [3.63, 3.8) is 0 Å². The van der Waals surface area contributed by atoms with Gasteiger partial charge in [-0.15, -0.1) is 11.3 Å². The van der Waals surface area contributed by atoms with E-state index in [1.165, 1.54) is 28.8 Å². The lowest BCUT2D eigenvalue weighted by Gasteiger charge is -2.33. The highest BCUT2D eigenvalue weighted by atomic mass is 32.1. The number of benzene rings is 1. The minimum atomic E-state index is 0.435. The van der Waals surface area contributed by atoms with Gasteiger partial charge in [0.2, 0.25) is 0 Å². The summed E-state index contributed by atoms with van der Waals surface area (Å²) in [5, 5.41) is 9.61. The van der Waals surface area contributed by atoms with Crippen LogP contribution in [-0.4, -0.2) is 12.6 Å². The zero-order valence-corrected chi connectivity index (χ0v) is 12.7. The Hall–Kier alpha value is -1.16. The van der Waals surface area contributed by atoms with Crippen LogP contribution < -0.4 is 10.6 Å². The number of hydrogen-bond donors (Lipinski definition) is 2. The van der Waals surface area contributed by atoms with Gasteiger partial charge in [0.1, 0.15) is 0 Å². The number of piperidine rings is 1. The van der Waals surface area contributed by atoms with E-state index in [1.54, 1.807) is 0 Å². The third-order valence-corrected chi connectivity index (χ3v) is 5.13. The zero-order valence-electron chi connectivity index (χ0n) is 11.9. The summed E-state index contributed by atoms with van der Waals surface area (Å²) >= 11 is 1.85. The van der Waals surface area contributed by atoms with Gasteiger partial charge in [0.15, 0.2) is 0 Å². The number of aryl methyl sites for hydroxylation is 1. The molecule has 2 atom stereocenters. The molecule has 0 amide bonds. The molecule has 3 heteroatoms. The molecule has 1 aliphatic rings. The predicted molar refractivity (Wildman–Crippen MR) is 86.1 cm³/mol. The van der Waals surface area contributed by atoms with Crippen LogP contribution in [0.15, 0.2) is 41.8 Å². The summed E-state index contributed by atoms with van der Waals surface area (Å²) in [5.74, 6) is 0. The Bertz CT molecular complexity index is 535. The van der Waals surface area contributed by atoms with E-state index in [-0.39, 0.29) is 0 Å². The smallest absolute Gasteiger partial charge is 0.0476 e. The minimum Gasteiger partial charge on any atom is -0.309 e. The molecule has 2 nitrogen and oxygen atoms in total. The van der Waals surface area contributed by atoms with Gasteiger partial charge in [-0.05, 0) is 48.9 Å². The molecule has 0 spiro atoms. The fourth-order valence-corrected chi connectivity index (χ4v) is 3.78. The van der Waals surface area contributed by atoms with E-state index in [0.717, 1.165) is 13.1 Å². The molecule has 1 saturated heterocycles. The Balaban J connectivity index is 1.68. The van der Waals surface area contributed by atoms with E-state index in [4.69, 9.17) is 0 Å². The van der Waals surface area contributed by atoms with Crippen molar-refractivity contribution in [3.05, 3.63) is 57.8 Å². The van der Waals surface area contributed by atoms with Crippen LogP contribution in [0.5, 0.6) is 0 Å². The molecule has 3 rings (SSSR count). The summed E-state index contributed by atoms with van der Waals surface area (Å²) < 4.78 is 0. The van der Waals surface area contributed by atoms with Crippen molar-refractivity contribution in [3.8, 4) is 0 Å². The lowest BCUT2D eigenvalue weighted by Crippen LogP contribution is -2.45. The quantitative estimate of drug-likeness (QED) is 0.896. The third kappa shape index (κ3) is 3.11. The van der Waals surface area contributed by atoms with Crippen LogP contribution in [0.4, 0.5) is 0 Å². The van der Waals surface area contributed by atoms with Crippen LogP contribution in [0.2, 0.25) is 0 Å². The molecule has 2 N–H and O–H groups in total. The fraction of sp³-hybridized carbons (Fsp3) is 0.412. The van der Waals surface area contributed by atoms with Crippen LogP contribution in [-0.2, 0) is 6.54 Å². The number of nitrogens with one attached hydrogen (secondary N) is 2. The molecule has 106 valence electrons. The van der Waals surface area contributed by atoms with Gasteiger partial charge in [-0.2, -0.15) is 0 Å². The topological polar surface area (TPSA) is 24.1 Å². The van der Waals surface area contributed by atoms with E-state index in [1.807, 2.05) is 11.3 Å². The molecular formula is C17H22N2S. The van der Waals surface area contributed by atoms with Gasteiger partial charge in [-0.1, -0.05) is 30.3 Å². The Morgan fingerprint density at radius 1 is 1.25 bits per heavy atom. The Morgan fingerprint density at radius 3 is 2.85 bits per heavy atom. The van der Waals surface area contributed by atoms with Crippen molar-refractivity contribution in [1.82, 2.24) is 10.6 Å². The molecular weight excluding hydrogens is 264 g/mol. The normalized spacial score (nSPS) is 22.9. The molecule has 1 aromatic carbocycles. The SMILES string of the molecule is Cc1ccsc1CNC1CCCNC1c1ccccc1. The molecule has 1 aromatic heterocycles. The largest absolute Gasteiger partial charge is 0.309 e. The average Bonchev–Trinajstić information content (AvgIpc) is 2.92. The van der Waals surface area contributed by atoms with Gasteiger partial charge in [0.25, 0.3) is 0 Å². The maximum Gasteiger partial charge on any atom is 0.0476 e. The van der Waals surface area contributed by atoms with Crippen molar-refractivity contribution < 1.29 is 0 Å². The van der Waals surface area contributed by atoms with Gasteiger partial charge in [-0.25, -0.2) is 0 Å². The first kappa shape index (κ1) is 13.8. The van der Waals surface area contributed by atoms with Crippen LogP contribution in [0.25, 0.3) is 0 Å². The highest BCUT2D eigenvalue weighted by Gasteiger charge is 2.25. The molecule has 1 fully saturated rings. The molecule has 2 unspecified atom stereocenters. The van der Waals surface area contributed by atoms with Gasteiger partial charge in [0, 0.05) is 23.5 Å². The first-order valence-corrected chi connectivity index (χ1v) is 8.27. The minimum absolute atomic E-state index is 0.435. The van der Waals surface area contributed by atoms with Gasteiger partial charge >= 0.3 is 0 Å². The molecule has 0 aliphatic carbocycles. The second-order valence-corrected chi connectivity index (χ2v) is 6.50. The molecule has 20 heavy (non-hydrogen) atoms. The summed E-state index contributed by atoms with van der Waals surface area (Å²) in [7, 11) is 0. The fourth-order valence-electron chi connectivity index (χ4n) is 2.93. The lowest BCUT2D eigenvalue weighted by molar-refractivity contribution is 0.305. The van der Waals surface area contributed by atoms with E-state index in [2.05, 4.69) is 59.3 Å². The third-order valence-electron chi connectivity index (χ3n) is 4.11. The van der Waals surface area contributed by atoms with E-state index in [0.29, 0.717) is 12.1 Å². The summed E-state index contributed by atoms with van der Waals surface area (Å²) in [6, 6.07) is 14.0. The van der Waals surface area contributed by atoms with Crippen molar-refractivity contribution in [1.29, 1.82) is 0 Å². The van der Waals surface area contributed by atoms with Crippen LogP contribution in [0.1, 0.15) is 34.9 Å². The highest BCUT2D eigenvalue weighted by molar-refractivity contribution is 7.10. The molecule has 1 aliphatic heterocycles. The van der Waals surface area contributed by atoms with Crippen LogP contribution in [0, 0.1) is 6.92 Å². The molecule has 0 saturated carbocycles. The maximum atomic E-state index is 3.76. The van der Waals surface area contributed by atoms with Crippen molar-refractivity contribution in [2.24, 2.45) is 0 Å². The number of rotatable bonds is 4.